The second-order valence-corrected chi connectivity index (χ2v) is 4.40. The minimum Gasteiger partial charge on any atom is -0.298 e. The molecule has 0 saturated carbocycles. The molecule has 3 rings (SSSR count). The quantitative estimate of drug-likeness (QED) is 0.691. The maximum Gasteiger partial charge on any atom is 0.416 e. The second kappa shape index (κ2) is 4.45. The lowest BCUT2D eigenvalue weighted by molar-refractivity contribution is -0.137. The van der Waals surface area contributed by atoms with Gasteiger partial charge in [0.15, 0.2) is 0 Å². The van der Waals surface area contributed by atoms with Gasteiger partial charge >= 0.3 is 6.18 Å². The Kier molecular flexibility index (Phi) is 2.86. The van der Waals surface area contributed by atoms with Crippen molar-refractivity contribution in [3.05, 3.63) is 47.6 Å². The third kappa shape index (κ3) is 2.20. The molecule has 8 heteroatoms. The molecule has 20 heavy (non-hydrogen) atoms. The molecule has 3 heterocycles. The molecule has 0 aliphatic heterocycles. The van der Waals surface area contributed by atoms with Gasteiger partial charge in [-0.3, -0.25) is 9.38 Å². The van der Waals surface area contributed by atoms with Crippen LogP contribution in [0.3, 0.4) is 0 Å². The van der Waals surface area contributed by atoms with Crippen molar-refractivity contribution in [2.45, 2.75) is 6.18 Å². The number of rotatable bonds is 1. The molecular formula is C12H6ClF3N4. The van der Waals surface area contributed by atoms with Crippen LogP contribution in [0.5, 0.6) is 0 Å². The van der Waals surface area contributed by atoms with Crippen molar-refractivity contribution in [2.75, 3.05) is 0 Å². The van der Waals surface area contributed by atoms with Gasteiger partial charge in [0.05, 0.1) is 29.8 Å². The predicted octanol–water partition coefficient (Wildman–Crippen LogP) is 3.46. The van der Waals surface area contributed by atoms with Crippen LogP contribution in [0.1, 0.15) is 5.56 Å². The first-order valence-electron chi connectivity index (χ1n) is 5.47. The van der Waals surface area contributed by atoms with E-state index in [2.05, 4.69) is 15.0 Å². The molecule has 0 spiro atoms. The molecule has 0 radical (unpaired) electrons. The Hall–Kier alpha value is -2.15. The van der Waals surface area contributed by atoms with E-state index in [4.69, 9.17) is 11.6 Å². The summed E-state index contributed by atoms with van der Waals surface area (Å²) in [6, 6.07) is 1.96. The fraction of sp³-hybridized carbons (Fsp3) is 0.0833. The summed E-state index contributed by atoms with van der Waals surface area (Å²) in [5.41, 5.74) is 0.379. The van der Waals surface area contributed by atoms with Gasteiger partial charge in [-0.25, -0.2) is 9.97 Å². The molecule has 3 aromatic rings. The van der Waals surface area contributed by atoms with Crippen LogP contribution in [0.15, 0.2) is 36.9 Å². The van der Waals surface area contributed by atoms with Crippen LogP contribution in [0.4, 0.5) is 13.2 Å². The lowest BCUT2D eigenvalue weighted by Crippen LogP contribution is -2.05. The molecule has 4 nitrogen and oxygen atoms in total. The summed E-state index contributed by atoms with van der Waals surface area (Å²) in [6.07, 6.45) is 1.16. The zero-order chi connectivity index (χ0) is 14.3. The highest BCUT2D eigenvalue weighted by Crippen LogP contribution is 2.30. The van der Waals surface area contributed by atoms with Crippen LogP contribution in [-0.2, 0) is 6.18 Å². The smallest absolute Gasteiger partial charge is 0.298 e. The van der Waals surface area contributed by atoms with Gasteiger partial charge in [-0.2, -0.15) is 13.2 Å². The second-order valence-electron chi connectivity index (χ2n) is 4.01. The number of aromatic nitrogens is 4. The normalized spacial score (nSPS) is 12.0. The van der Waals surface area contributed by atoms with E-state index in [9.17, 15) is 13.2 Å². The van der Waals surface area contributed by atoms with Gasteiger partial charge in [0, 0.05) is 6.20 Å². The Bertz CT molecular complexity index is 782. The molecule has 0 aromatic carbocycles. The van der Waals surface area contributed by atoms with Gasteiger partial charge in [0.2, 0.25) is 0 Å². The molecule has 0 aliphatic carbocycles. The maximum absolute atomic E-state index is 12.6. The number of fused-ring (bicyclic) bond motifs is 1. The van der Waals surface area contributed by atoms with Crippen molar-refractivity contribution < 1.29 is 13.2 Å². The van der Waals surface area contributed by atoms with Gasteiger partial charge in [-0.1, -0.05) is 11.6 Å². The summed E-state index contributed by atoms with van der Waals surface area (Å²) in [6.45, 7) is 0. The topological polar surface area (TPSA) is 43.1 Å². The van der Waals surface area contributed by atoms with E-state index in [1.165, 1.54) is 29.2 Å². The van der Waals surface area contributed by atoms with Gasteiger partial charge < -0.3 is 0 Å². The highest BCUT2D eigenvalue weighted by atomic mass is 35.5. The SMILES string of the molecule is FC(F)(F)c1ccn2c(-c3cncc(Cl)n3)cnc2c1. The molecule has 0 fully saturated rings. The van der Waals surface area contributed by atoms with Gasteiger partial charge in [0.25, 0.3) is 0 Å². The van der Waals surface area contributed by atoms with Crippen LogP contribution in [0.25, 0.3) is 17.0 Å². The Balaban J connectivity index is 2.15. The Morgan fingerprint density at radius 3 is 2.65 bits per heavy atom. The molecular weight excluding hydrogens is 293 g/mol. The van der Waals surface area contributed by atoms with Crippen molar-refractivity contribution in [2.24, 2.45) is 0 Å². The summed E-state index contributed by atoms with van der Waals surface area (Å²) >= 11 is 5.75. The Morgan fingerprint density at radius 2 is 1.95 bits per heavy atom. The molecule has 3 aromatic heterocycles. The number of nitrogens with zero attached hydrogens (tertiary/aromatic N) is 4. The van der Waals surface area contributed by atoms with E-state index >= 15 is 0 Å². The molecule has 102 valence electrons. The van der Waals surface area contributed by atoms with Crippen LogP contribution >= 0.6 is 11.6 Å². The van der Waals surface area contributed by atoms with E-state index in [1.807, 2.05) is 0 Å². The van der Waals surface area contributed by atoms with E-state index in [1.54, 1.807) is 0 Å². The van der Waals surface area contributed by atoms with E-state index in [0.717, 1.165) is 12.1 Å². The molecule has 0 aliphatic rings. The standard InChI is InChI=1S/C12H6ClF3N4/c13-10-6-17-4-8(19-10)9-5-18-11-3-7(12(14,15)16)1-2-20(9)11/h1-6H. The molecule has 0 unspecified atom stereocenters. The number of hydrogen-bond acceptors (Lipinski definition) is 3. The predicted molar refractivity (Wildman–Crippen MR) is 66.2 cm³/mol. The summed E-state index contributed by atoms with van der Waals surface area (Å²) < 4.78 is 39.4. The fourth-order valence-electron chi connectivity index (χ4n) is 1.81. The lowest BCUT2D eigenvalue weighted by Gasteiger charge is -2.07. The van der Waals surface area contributed by atoms with Crippen molar-refractivity contribution in [3.63, 3.8) is 0 Å². The fourth-order valence-corrected chi connectivity index (χ4v) is 1.96. The van der Waals surface area contributed by atoms with Crippen LogP contribution in [0, 0.1) is 0 Å². The highest BCUT2D eigenvalue weighted by Gasteiger charge is 2.30. The van der Waals surface area contributed by atoms with Gasteiger partial charge in [-0.15, -0.1) is 0 Å². The van der Waals surface area contributed by atoms with Gasteiger partial charge in [-0.05, 0) is 12.1 Å². The van der Waals surface area contributed by atoms with Crippen molar-refractivity contribution >= 4 is 17.2 Å². The van der Waals surface area contributed by atoms with Crippen molar-refractivity contribution in [1.82, 2.24) is 19.4 Å². The largest absolute Gasteiger partial charge is 0.416 e. The van der Waals surface area contributed by atoms with Gasteiger partial charge in [0.1, 0.15) is 16.5 Å². The summed E-state index contributed by atoms with van der Waals surface area (Å²) in [5, 5.41) is 0.198. The monoisotopic (exact) mass is 298 g/mol. The summed E-state index contributed by atoms with van der Waals surface area (Å²) in [5.74, 6) is 0. The first kappa shape index (κ1) is 12.9. The van der Waals surface area contributed by atoms with Crippen LogP contribution in [0.2, 0.25) is 5.15 Å². The van der Waals surface area contributed by atoms with Crippen molar-refractivity contribution in [3.8, 4) is 11.4 Å². The first-order chi connectivity index (χ1) is 9.45. The summed E-state index contributed by atoms with van der Waals surface area (Å²) in [7, 11) is 0. The number of alkyl halides is 3. The van der Waals surface area contributed by atoms with Crippen LogP contribution in [-0.4, -0.2) is 19.4 Å². The minimum absolute atomic E-state index is 0.177. The Labute approximate surface area is 115 Å². The third-order valence-corrected chi connectivity index (χ3v) is 2.89. The number of hydrogen-bond donors (Lipinski definition) is 0. The zero-order valence-electron chi connectivity index (χ0n) is 9.76. The van der Waals surface area contributed by atoms with Crippen LogP contribution < -0.4 is 0 Å². The first-order valence-corrected chi connectivity index (χ1v) is 5.85. The number of pyridine rings is 1. The van der Waals surface area contributed by atoms with E-state index in [-0.39, 0.29) is 10.8 Å². The average Bonchev–Trinajstić information content (AvgIpc) is 2.80. The molecule has 0 atom stereocenters. The summed E-state index contributed by atoms with van der Waals surface area (Å²) in [4.78, 5) is 11.9. The lowest BCUT2D eigenvalue weighted by atomic mass is 10.2. The maximum atomic E-state index is 12.6. The third-order valence-electron chi connectivity index (χ3n) is 2.71. The van der Waals surface area contributed by atoms with Crippen molar-refractivity contribution in [1.29, 1.82) is 0 Å². The highest BCUT2D eigenvalue weighted by molar-refractivity contribution is 6.29. The Morgan fingerprint density at radius 1 is 1.15 bits per heavy atom. The molecule has 0 N–H and O–H groups in total. The molecule has 0 saturated heterocycles. The zero-order valence-corrected chi connectivity index (χ0v) is 10.5. The van der Waals surface area contributed by atoms with E-state index < -0.39 is 11.7 Å². The average molecular weight is 299 g/mol. The number of imidazole rings is 1. The van der Waals surface area contributed by atoms with E-state index in [0.29, 0.717) is 11.4 Å². The minimum atomic E-state index is -4.40. The number of halogens is 4. The molecule has 0 amide bonds. The molecule has 0 bridgehead atoms.